The predicted octanol–water partition coefficient (Wildman–Crippen LogP) is 0.931. The molecule has 0 saturated carbocycles. The average molecular weight is 253 g/mol. The van der Waals surface area contributed by atoms with Crippen LogP contribution >= 0.6 is 0 Å². The van der Waals surface area contributed by atoms with E-state index in [0.717, 1.165) is 6.08 Å². The number of hydrogen-bond acceptors (Lipinski definition) is 6. The number of benzene rings is 1. The number of rotatable bonds is 5. The molecule has 7 nitrogen and oxygen atoms in total. The Balaban J connectivity index is 2.50. The molecule has 0 radical (unpaired) electrons. The third kappa shape index (κ3) is 4.52. The first-order chi connectivity index (χ1) is 8.49. The minimum absolute atomic E-state index is 0.263. The summed E-state index contributed by atoms with van der Waals surface area (Å²) >= 11 is 0. The summed E-state index contributed by atoms with van der Waals surface area (Å²) in [6.45, 7) is -0.740. The Kier molecular flexibility index (Phi) is 4.67. The summed E-state index contributed by atoms with van der Waals surface area (Å²) in [7, 11) is 0. The van der Waals surface area contributed by atoms with Crippen molar-refractivity contribution in [1.82, 2.24) is 0 Å². The van der Waals surface area contributed by atoms with Crippen LogP contribution in [0.5, 0.6) is 11.5 Å². The number of carbonyl (C=O) groups is 1. The highest BCUT2D eigenvalue weighted by Gasteiger charge is 2.02. The Morgan fingerprint density at radius 1 is 1.39 bits per heavy atom. The number of ether oxygens (including phenoxy) is 1. The van der Waals surface area contributed by atoms with Gasteiger partial charge in [-0.05, 0) is 23.8 Å². The van der Waals surface area contributed by atoms with E-state index in [1.807, 2.05) is 0 Å². The first-order valence-electron chi connectivity index (χ1n) is 4.97. The Bertz CT molecular complexity index is 482. The van der Waals surface area contributed by atoms with Crippen molar-refractivity contribution >= 4 is 12.0 Å². The van der Waals surface area contributed by atoms with Crippen molar-refractivity contribution in [1.29, 1.82) is 0 Å². The second-order valence-electron chi connectivity index (χ2n) is 3.31. The van der Waals surface area contributed by atoms with Crippen LogP contribution < -0.4 is 0 Å². The number of esters is 1. The van der Waals surface area contributed by atoms with Crippen LogP contribution in [-0.4, -0.2) is 34.3 Å². The average Bonchev–Trinajstić information content (AvgIpc) is 2.30. The monoisotopic (exact) mass is 253 g/mol. The van der Waals surface area contributed by atoms with Gasteiger partial charge >= 0.3 is 5.97 Å². The van der Waals surface area contributed by atoms with E-state index in [1.165, 1.54) is 24.3 Å². The summed E-state index contributed by atoms with van der Waals surface area (Å²) in [5.41, 5.74) is 0.483. The zero-order valence-electron chi connectivity index (χ0n) is 9.28. The number of aromatic hydroxyl groups is 2. The zero-order valence-corrected chi connectivity index (χ0v) is 9.28. The van der Waals surface area contributed by atoms with E-state index in [2.05, 4.69) is 4.74 Å². The van der Waals surface area contributed by atoms with Gasteiger partial charge in [0, 0.05) is 11.0 Å². The second-order valence-corrected chi connectivity index (χ2v) is 3.31. The van der Waals surface area contributed by atoms with Gasteiger partial charge in [-0.2, -0.15) is 0 Å². The molecule has 96 valence electrons. The lowest BCUT2D eigenvalue weighted by Gasteiger charge is -1.99. The summed E-state index contributed by atoms with van der Waals surface area (Å²) in [6, 6.07) is 4.01. The highest BCUT2D eigenvalue weighted by atomic mass is 16.6. The van der Waals surface area contributed by atoms with Crippen LogP contribution in [0.1, 0.15) is 5.56 Å². The van der Waals surface area contributed by atoms with Gasteiger partial charge in [-0.3, -0.25) is 10.1 Å². The van der Waals surface area contributed by atoms with Gasteiger partial charge in [-0.1, -0.05) is 6.07 Å². The Labute approximate surface area is 102 Å². The molecule has 0 aliphatic heterocycles. The molecular weight excluding hydrogens is 242 g/mol. The minimum atomic E-state index is -0.718. The van der Waals surface area contributed by atoms with E-state index in [0.29, 0.717) is 5.56 Å². The van der Waals surface area contributed by atoms with Gasteiger partial charge in [0.05, 0.1) is 0 Å². The Hall–Kier alpha value is -2.57. The van der Waals surface area contributed by atoms with Crippen molar-refractivity contribution in [3.63, 3.8) is 0 Å². The molecule has 0 aromatic heterocycles. The van der Waals surface area contributed by atoms with Crippen LogP contribution in [-0.2, 0) is 9.53 Å². The molecule has 0 amide bonds. The van der Waals surface area contributed by atoms with Gasteiger partial charge in [-0.15, -0.1) is 0 Å². The summed E-state index contributed by atoms with van der Waals surface area (Å²) in [5.74, 6) is -1.29. The maximum atomic E-state index is 11.1. The first-order valence-corrected chi connectivity index (χ1v) is 4.97. The van der Waals surface area contributed by atoms with Crippen LogP contribution in [0, 0.1) is 10.1 Å². The molecule has 0 atom stereocenters. The molecular formula is C11H11NO6. The number of nitro groups is 1. The molecule has 0 aliphatic rings. The molecule has 1 aromatic carbocycles. The number of phenolic OH excluding ortho intramolecular Hbond substituents is 2. The quantitative estimate of drug-likeness (QED) is 0.265. The summed E-state index contributed by atoms with van der Waals surface area (Å²) in [6.07, 6.45) is 2.43. The van der Waals surface area contributed by atoms with Crippen molar-refractivity contribution in [2.75, 3.05) is 13.2 Å². The smallest absolute Gasteiger partial charge is 0.331 e. The van der Waals surface area contributed by atoms with Gasteiger partial charge in [-0.25, -0.2) is 4.79 Å². The lowest BCUT2D eigenvalue weighted by Crippen LogP contribution is -2.11. The maximum absolute atomic E-state index is 11.1. The largest absolute Gasteiger partial charge is 0.504 e. The van der Waals surface area contributed by atoms with Crippen LogP contribution in [0.15, 0.2) is 24.3 Å². The van der Waals surface area contributed by atoms with E-state index < -0.39 is 17.4 Å². The van der Waals surface area contributed by atoms with E-state index in [4.69, 9.17) is 5.11 Å². The zero-order chi connectivity index (χ0) is 13.5. The van der Waals surface area contributed by atoms with Crippen LogP contribution in [0.4, 0.5) is 0 Å². The summed E-state index contributed by atoms with van der Waals surface area (Å²) in [4.78, 5) is 20.5. The highest BCUT2D eigenvalue weighted by molar-refractivity contribution is 5.87. The Morgan fingerprint density at radius 3 is 2.72 bits per heavy atom. The SMILES string of the molecule is O=C(/C=C/c1ccc(O)c(O)c1)OCC[N+](=O)[O-]. The normalized spacial score (nSPS) is 10.4. The van der Waals surface area contributed by atoms with Crippen molar-refractivity contribution in [2.24, 2.45) is 0 Å². The molecule has 2 N–H and O–H groups in total. The van der Waals surface area contributed by atoms with Crippen LogP contribution in [0.2, 0.25) is 0 Å². The molecule has 0 fully saturated rings. The molecule has 0 spiro atoms. The van der Waals surface area contributed by atoms with Gasteiger partial charge in [0.15, 0.2) is 18.1 Å². The van der Waals surface area contributed by atoms with Crippen LogP contribution in [0.25, 0.3) is 6.08 Å². The molecule has 7 heteroatoms. The van der Waals surface area contributed by atoms with Crippen molar-refractivity contribution in [2.45, 2.75) is 0 Å². The molecule has 18 heavy (non-hydrogen) atoms. The van der Waals surface area contributed by atoms with Gasteiger partial charge in [0.1, 0.15) is 0 Å². The van der Waals surface area contributed by atoms with Gasteiger partial charge < -0.3 is 14.9 Å². The third-order valence-corrected chi connectivity index (χ3v) is 1.93. The number of phenols is 2. The third-order valence-electron chi connectivity index (χ3n) is 1.93. The van der Waals surface area contributed by atoms with Gasteiger partial charge in [0.25, 0.3) is 0 Å². The lowest BCUT2D eigenvalue weighted by molar-refractivity contribution is -0.482. The maximum Gasteiger partial charge on any atom is 0.331 e. The fourth-order valence-corrected chi connectivity index (χ4v) is 1.08. The summed E-state index contributed by atoms with van der Waals surface area (Å²) in [5, 5.41) is 28.2. The van der Waals surface area contributed by atoms with E-state index in [-0.39, 0.29) is 18.1 Å². The minimum Gasteiger partial charge on any atom is -0.504 e. The standard InChI is InChI=1S/C11H11NO6/c13-9-3-1-8(7-10(9)14)2-4-11(15)18-6-5-12(16)17/h1-4,7,13-14H,5-6H2/b4-2+. The number of carbonyl (C=O) groups excluding carboxylic acids is 1. The molecule has 0 bridgehead atoms. The first kappa shape index (κ1) is 13.5. The van der Waals surface area contributed by atoms with E-state index in [9.17, 15) is 20.0 Å². The predicted molar refractivity (Wildman–Crippen MR) is 61.6 cm³/mol. The number of hydrogen-bond donors (Lipinski definition) is 2. The fraction of sp³-hybridized carbons (Fsp3) is 0.182. The van der Waals surface area contributed by atoms with Crippen LogP contribution in [0.3, 0.4) is 0 Å². The second kappa shape index (κ2) is 6.24. The van der Waals surface area contributed by atoms with Crippen molar-refractivity contribution in [3.8, 4) is 11.5 Å². The molecule has 0 saturated heterocycles. The van der Waals surface area contributed by atoms with Crippen molar-refractivity contribution < 1.29 is 24.7 Å². The molecule has 1 aromatic rings. The van der Waals surface area contributed by atoms with Gasteiger partial charge in [0.2, 0.25) is 6.54 Å². The Morgan fingerprint density at radius 2 is 2.11 bits per heavy atom. The highest BCUT2D eigenvalue weighted by Crippen LogP contribution is 2.25. The number of nitrogens with zero attached hydrogens (tertiary/aromatic N) is 1. The molecule has 0 heterocycles. The molecule has 0 unspecified atom stereocenters. The molecule has 0 aliphatic carbocycles. The lowest BCUT2D eigenvalue weighted by atomic mass is 10.2. The van der Waals surface area contributed by atoms with Crippen molar-refractivity contribution in [3.05, 3.63) is 40.0 Å². The molecule has 1 rings (SSSR count). The topological polar surface area (TPSA) is 110 Å². The summed E-state index contributed by atoms with van der Waals surface area (Å²) < 4.78 is 4.55. The fourth-order valence-electron chi connectivity index (χ4n) is 1.08. The van der Waals surface area contributed by atoms with E-state index >= 15 is 0 Å². The van der Waals surface area contributed by atoms with E-state index in [1.54, 1.807) is 0 Å².